The van der Waals surface area contributed by atoms with Crippen LogP contribution in [0, 0.1) is 0 Å². The van der Waals surface area contributed by atoms with Crippen molar-refractivity contribution in [2.45, 2.75) is 39.3 Å². The highest BCUT2D eigenvalue weighted by Gasteiger charge is 2.27. The molecule has 0 fully saturated rings. The molecule has 2 aromatic rings. The standard InChI is InChI=1S/C19H28OSi2/c1-20-17-11-8-15(9-12-17)16-10-13-18(21(2,3)4)19(14-16)22(5,6)7/h8-14H,1-7H3. The molecule has 0 unspecified atom stereocenters. The Labute approximate surface area is 137 Å². The van der Waals surface area contributed by atoms with Gasteiger partial charge in [-0.2, -0.15) is 0 Å². The summed E-state index contributed by atoms with van der Waals surface area (Å²) in [5.74, 6) is 0.910. The third-order valence-electron chi connectivity index (χ3n) is 4.06. The molecule has 0 aliphatic heterocycles. The second kappa shape index (κ2) is 6.05. The first kappa shape index (κ1) is 17.0. The molecule has 0 N–H and O–H groups in total. The fraction of sp³-hybridized carbons (Fsp3) is 0.368. The second-order valence-electron chi connectivity index (χ2n) is 7.99. The SMILES string of the molecule is COc1ccc(-c2ccc([Si](C)(C)C)c([Si](C)(C)C)c2)cc1. The molecule has 0 atom stereocenters. The summed E-state index contributed by atoms with van der Waals surface area (Å²) in [5.41, 5.74) is 2.59. The molecule has 0 bridgehead atoms. The summed E-state index contributed by atoms with van der Waals surface area (Å²) in [5, 5.41) is 3.25. The van der Waals surface area contributed by atoms with Crippen LogP contribution in [0.5, 0.6) is 5.75 Å². The van der Waals surface area contributed by atoms with Crippen LogP contribution in [0.1, 0.15) is 0 Å². The molecule has 0 radical (unpaired) electrons. The third-order valence-corrected chi connectivity index (χ3v) is 8.39. The van der Waals surface area contributed by atoms with Crippen LogP contribution in [0.3, 0.4) is 0 Å². The molecule has 0 saturated carbocycles. The Kier molecular flexibility index (Phi) is 4.68. The highest BCUT2D eigenvalue weighted by Crippen LogP contribution is 2.22. The number of rotatable bonds is 4. The highest BCUT2D eigenvalue weighted by atomic mass is 28.3. The summed E-state index contributed by atoms with van der Waals surface area (Å²) >= 11 is 0. The second-order valence-corrected chi connectivity index (χ2v) is 18.1. The monoisotopic (exact) mass is 328 g/mol. The number of ether oxygens (including phenoxy) is 1. The van der Waals surface area contributed by atoms with Crippen molar-refractivity contribution < 1.29 is 4.74 Å². The summed E-state index contributed by atoms with van der Waals surface area (Å²) in [6.07, 6.45) is 0. The Bertz CT molecular complexity index is 647. The maximum absolute atomic E-state index is 5.26. The van der Waals surface area contributed by atoms with E-state index in [0.29, 0.717) is 0 Å². The van der Waals surface area contributed by atoms with Gasteiger partial charge in [0.05, 0.1) is 23.3 Å². The smallest absolute Gasteiger partial charge is 0.118 e. The van der Waals surface area contributed by atoms with Crippen molar-refractivity contribution in [1.82, 2.24) is 0 Å². The summed E-state index contributed by atoms with van der Waals surface area (Å²) in [6, 6.07) is 15.5. The lowest BCUT2D eigenvalue weighted by Gasteiger charge is -2.28. The predicted molar refractivity (Wildman–Crippen MR) is 104 cm³/mol. The number of hydrogen-bond donors (Lipinski definition) is 0. The van der Waals surface area contributed by atoms with Crippen LogP contribution in [-0.2, 0) is 0 Å². The molecule has 0 aliphatic rings. The first-order valence-electron chi connectivity index (χ1n) is 7.92. The minimum atomic E-state index is -1.36. The van der Waals surface area contributed by atoms with Crippen molar-refractivity contribution in [3.8, 4) is 16.9 Å². The Morgan fingerprint density at radius 2 is 1.14 bits per heavy atom. The zero-order chi connectivity index (χ0) is 16.5. The Balaban J connectivity index is 2.55. The molecular weight excluding hydrogens is 300 g/mol. The van der Waals surface area contributed by atoms with Gasteiger partial charge in [-0.15, -0.1) is 0 Å². The molecule has 2 aromatic carbocycles. The van der Waals surface area contributed by atoms with Crippen molar-refractivity contribution in [3.05, 3.63) is 42.5 Å². The largest absolute Gasteiger partial charge is 0.497 e. The Morgan fingerprint density at radius 1 is 0.636 bits per heavy atom. The lowest BCUT2D eigenvalue weighted by molar-refractivity contribution is 0.415. The molecule has 0 aliphatic carbocycles. The van der Waals surface area contributed by atoms with Crippen LogP contribution < -0.4 is 15.1 Å². The van der Waals surface area contributed by atoms with E-state index in [1.807, 2.05) is 12.1 Å². The highest BCUT2D eigenvalue weighted by molar-refractivity contribution is 6.98. The lowest BCUT2D eigenvalue weighted by atomic mass is 10.1. The van der Waals surface area contributed by atoms with E-state index >= 15 is 0 Å². The van der Waals surface area contributed by atoms with Crippen LogP contribution >= 0.6 is 0 Å². The maximum Gasteiger partial charge on any atom is 0.118 e. The lowest BCUT2D eigenvalue weighted by Crippen LogP contribution is -2.56. The van der Waals surface area contributed by atoms with Gasteiger partial charge in [0.1, 0.15) is 5.75 Å². The van der Waals surface area contributed by atoms with E-state index in [2.05, 4.69) is 69.6 Å². The molecule has 118 valence electrons. The van der Waals surface area contributed by atoms with Gasteiger partial charge in [-0.05, 0) is 23.3 Å². The quantitative estimate of drug-likeness (QED) is 0.753. The topological polar surface area (TPSA) is 9.23 Å². The van der Waals surface area contributed by atoms with Crippen molar-refractivity contribution in [2.75, 3.05) is 7.11 Å². The molecule has 3 heteroatoms. The minimum absolute atomic E-state index is 0.910. The van der Waals surface area contributed by atoms with E-state index in [0.717, 1.165) is 5.75 Å². The fourth-order valence-corrected chi connectivity index (χ4v) is 7.98. The summed E-state index contributed by atoms with van der Waals surface area (Å²) in [6.45, 7) is 14.7. The minimum Gasteiger partial charge on any atom is -0.497 e. The predicted octanol–water partition coefficient (Wildman–Crippen LogP) is 4.45. The zero-order valence-corrected chi connectivity index (χ0v) is 16.9. The van der Waals surface area contributed by atoms with Gasteiger partial charge in [0.2, 0.25) is 0 Å². The van der Waals surface area contributed by atoms with Gasteiger partial charge in [0.15, 0.2) is 0 Å². The van der Waals surface area contributed by atoms with Gasteiger partial charge in [0, 0.05) is 0 Å². The fourth-order valence-electron chi connectivity index (χ4n) is 2.78. The zero-order valence-electron chi connectivity index (χ0n) is 14.9. The third kappa shape index (κ3) is 3.71. The van der Waals surface area contributed by atoms with E-state index in [-0.39, 0.29) is 0 Å². The van der Waals surface area contributed by atoms with Crippen molar-refractivity contribution in [2.24, 2.45) is 0 Å². The van der Waals surface area contributed by atoms with Crippen molar-refractivity contribution >= 4 is 26.5 Å². The Morgan fingerprint density at radius 3 is 1.59 bits per heavy atom. The van der Waals surface area contributed by atoms with Gasteiger partial charge >= 0.3 is 0 Å². The number of benzene rings is 2. The van der Waals surface area contributed by atoms with Gasteiger partial charge < -0.3 is 4.74 Å². The van der Waals surface area contributed by atoms with E-state index in [4.69, 9.17) is 4.74 Å². The van der Waals surface area contributed by atoms with Gasteiger partial charge in [0.25, 0.3) is 0 Å². The summed E-state index contributed by atoms with van der Waals surface area (Å²) in [4.78, 5) is 0. The molecule has 1 nitrogen and oxygen atoms in total. The van der Waals surface area contributed by atoms with Crippen LogP contribution in [0.4, 0.5) is 0 Å². The van der Waals surface area contributed by atoms with Crippen LogP contribution in [0.25, 0.3) is 11.1 Å². The van der Waals surface area contributed by atoms with Crippen LogP contribution in [0.2, 0.25) is 39.3 Å². The van der Waals surface area contributed by atoms with E-state index < -0.39 is 16.1 Å². The van der Waals surface area contributed by atoms with Crippen LogP contribution in [-0.4, -0.2) is 23.3 Å². The summed E-state index contributed by atoms with van der Waals surface area (Å²) in [7, 11) is -0.962. The summed E-state index contributed by atoms with van der Waals surface area (Å²) < 4.78 is 5.26. The molecule has 2 rings (SSSR count). The van der Waals surface area contributed by atoms with Gasteiger partial charge in [-0.25, -0.2) is 0 Å². The molecule has 0 aromatic heterocycles. The normalized spacial score (nSPS) is 12.3. The van der Waals surface area contributed by atoms with E-state index in [1.54, 1.807) is 17.5 Å². The molecule has 0 heterocycles. The first-order valence-corrected chi connectivity index (χ1v) is 14.9. The van der Waals surface area contributed by atoms with E-state index in [1.165, 1.54) is 11.1 Å². The average Bonchev–Trinajstić information content (AvgIpc) is 2.45. The van der Waals surface area contributed by atoms with E-state index in [9.17, 15) is 0 Å². The van der Waals surface area contributed by atoms with Gasteiger partial charge in [-0.3, -0.25) is 0 Å². The first-order chi connectivity index (χ1) is 10.1. The Hall–Kier alpha value is -1.33. The molecule has 22 heavy (non-hydrogen) atoms. The van der Waals surface area contributed by atoms with Crippen molar-refractivity contribution in [3.63, 3.8) is 0 Å². The van der Waals surface area contributed by atoms with Crippen molar-refractivity contribution in [1.29, 1.82) is 0 Å². The molecule has 0 saturated heterocycles. The number of methoxy groups -OCH3 is 1. The van der Waals surface area contributed by atoms with Crippen LogP contribution in [0.15, 0.2) is 42.5 Å². The molecule has 0 amide bonds. The average molecular weight is 329 g/mol. The maximum atomic E-state index is 5.26. The molecular formula is C19H28OSi2. The van der Waals surface area contributed by atoms with Gasteiger partial charge in [-0.1, -0.05) is 80.0 Å². The number of hydrogen-bond acceptors (Lipinski definition) is 1. The molecule has 0 spiro atoms.